The van der Waals surface area contributed by atoms with Crippen LogP contribution in [0.25, 0.3) is 0 Å². The first-order valence-corrected chi connectivity index (χ1v) is 8.25. The minimum atomic E-state index is -3.38. The number of ether oxygens (including phenoxy) is 1. The Hall–Kier alpha value is -1.85. The number of benzene rings is 2. The lowest BCUT2D eigenvalue weighted by Crippen LogP contribution is -2.15. The van der Waals surface area contributed by atoms with Gasteiger partial charge in [0.15, 0.2) is 0 Å². The molecule has 0 bridgehead atoms. The van der Waals surface area contributed by atoms with E-state index in [1.54, 1.807) is 35.7 Å². The van der Waals surface area contributed by atoms with Gasteiger partial charge in [-0.25, -0.2) is 8.42 Å². The fraction of sp³-hybridized carbons (Fsp3) is 0.250. The smallest absolute Gasteiger partial charge is 0.243 e. The quantitative estimate of drug-likeness (QED) is 0.796. The molecule has 110 valence electrons. The zero-order valence-electron chi connectivity index (χ0n) is 11.8. The Morgan fingerprint density at radius 3 is 2.38 bits per heavy atom. The van der Waals surface area contributed by atoms with E-state index in [-0.39, 0.29) is 6.04 Å². The lowest BCUT2D eigenvalue weighted by atomic mass is 10.1. The van der Waals surface area contributed by atoms with Crippen LogP contribution in [0.4, 0.5) is 0 Å². The Morgan fingerprint density at radius 1 is 1.10 bits per heavy atom. The highest BCUT2D eigenvalue weighted by Crippen LogP contribution is 2.31. The normalized spacial score (nSPS) is 21.0. The Balaban J connectivity index is 1.72. The molecule has 3 rings (SSSR count). The van der Waals surface area contributed by atoms with Crippen molar-refractivity contribution in [2.75, 3.05) is 13.7 Å². The van der Waals surface area contributed by atoms with Gasteiger partial charge in [0.1, 0.15) is 5.75 Å². The third-order valence-corrected chi connectivity index (χ3v) is 5.58. The average Bonchev–Trinajstić information content (AvgIpc) is 3.28. The molecule has 21 heavy (non-hydrogen) atoms. The first-order chi connectivity index (χ1) is 10.1. The molecule has 0 spiro atoms. The maximum atomic E-state index is 12.5. The van der Waals surface area contributed by atoms with Crippen LogP contribution in [0.1, 0.15) is 5.56 Å². The zero-order chi connectivity index (χ0) is 14.9. The van der Waals surface area contributed by atoms with Gasteiger partial charge in [-0.3, -0.25) is 0 Å². The summed E-state index contributed by atoms with van der Waals surface area (Å²) in [7, 11) is -1.82. The van der Waals surface area contributed by atoms with Gasteiger partial charge in [-0.15, -0.1) is 0 Å². The number of sulfonamides is 1. The van der Waals surface area contributed by atoms with Crippen molar-refractivity contribution in [2.24, 2.45) is 0 Å². The zero-order valence-corrected chi connectivity index (χ0v) is 12.6. The van der Waals surface area contributed by atoms with Crippen molar-refractivity contribution in [1.29, 1.82) is 0 Å². The number of methoxy groups -OCH3 is 1. The van der Waals surface area contributed by atoms with Crippen molar-refractivity contribution >= 4 is 10.0 Å². The number of hydrogen-bond acceptors (Lipinski definition) is 3. The highest BCUT2D eigenvalue weighted by atomic mass is 32.2. The maximum Gasteiger partial charge on any atom is 0.243 e. The first-order valence-electron chi connectivity index (χ1n) is 6.81. The van der Waals surface area contributed by atoms with Crippen LogP contribution in [-0.4, -0.2) is 32.4 Å². The van der Waals surface area contributed by atoms with Gasteiger partial charge < -0.3 is 4.74 Å². The number of rotatable bonds is 5. The molecule has 2 aromatic carbocycles. The molecule has 0 aliphatic carbocycles. The summed E-state index contributed by atoms with van der Waals surface area (Å²) in [6, 6.07) is 16.5. The Morgan fingerprint density at radius 2 is 1.76 bits per heavy atom. The topological polar surface area (TPSA) is 46.4 Å². The fourth-order valence-corrected chi connectivity index (χ4v) is 3.98. The lowest BCUT2D eigenvalue weighted by molar-refractivity contribution is 0.414. The Bertz CT molecular complexity index is 711. The second-order valence-electron chi connectivity index (χ2n) is 5.09. The molecule has 0 N–H and O–H groups in total. The van der Waals surface area contributed by atoms with Crippen LogP contribution in [-0.2, 0) is 16.4 Å². The van der Waals surface area contributed by atoms with Gasteiger partial charge in [-0.05, 0) is 36.2 Å². The van der Waals surface area contributed by atoms with E-state index in [0.29, 0.717) is 17.2 Å². The largest absolute Gasteiger partial charge is 0.497 e. The molecule has 1 aliphatic heterocycles. The van der Waals surface area contributed by atoms with Crippen molar-refractivity contribution in [3.8, 4) is 5.75 Å². The third-order valence-electron chi connectivity index (χ3n) is 3.64. The van der Waals surface area contributed by atoms with Gasteiger partial charge in [-0.2, -0.15) is 4.31 Å². The van der Waals surface area contributed by atoms with Crippen LogP contribution >= 0.6 is 0 Å². The van der Waals surface area contributed by atoms with Gasteiger partial charge in [0.2, 0.25) is 10.0 Å². The number of nitrogens with zero attached hydrogens (tertiary/aromatic N) is 1. The maximum absolute atomic E-state index is 12.5. The van der Waals surface area contributed by atoms with E-state index in [1.807, 2.05) is 30.3 Å². The summed E-state index contributed by atoms with van der Waals surface area (Å²) in [6.45, 7) is 0.587. The van der Waals surface area contributed by atoms with Crippen LogP contribution < -0.4 is 4.74 Å². The van der Waals surface area contributed by atoms with Crippen molar-refractivity contribution < 1.29 is 13.2 Å². The van der Waals surface area contributed by atoms with Gasteiger partial charge >= 0.3 is 0 Å². The summed E-state index contributed by atoms with van der Waals surface area (Å²) in [5.74, 6) is 0.653. The summed E-state index contributed by atoms with van der Waals surface area (Å²) in [4.78, 5) is 0.318. The minimum absolute atomic E-state index is 0.0690. The summed E-state index contributed by atoms with van der Waals surface area (Å²) in [6.07, 6.45) is 0.760. The van der Waals surface area contributed by atoms with E-state index in [2.05, 4.69) is 0 Å². The second-order valence-corrected chi connectivity index (χ2v) is 6.98. The third kappa shape index (κ3) is 2.94. The van der Waals surface area contributed by atoms with E-state index in [1.165, 1.54) is 0 Å². The molecule has 2 aromatic rings. The summed E-state index contributed by atoms with van der Waals surface area (Å²) in [5.41, 5.74) is 1.16. The first kappa shape index (κ1) is 14.1. The molecule has 0 amide bonds. The molecule has 4 nitrogen and oxygen atoms in total. The Labute approximate surface area is 125 Å². The van der Waals surface area contributed by atoms with Gasteiger partial charge in [-0.1, -0.05) is 30.3 Å². The van der Waals surface area contributed by atoms with E-state index in [4.69, 9.17) is 4.74 Å². The van der Waals surface area contributed by atoms with Crippen molar-refractivity contribution in [3.05, 3.63) is 60.2 Å². The molecular weight excluding hydrogens is 286 g/mol. The molecule has 2 unspecified atom stereocenters. The van der Waals surface area contributed by atoms with E-state index in [0.717, 1.165) is 12.0 Å². The fourth-order valence-electron chi connectivity index (χ4n) is 2.39. The summed E-state index contributed by atoms with van der Waals surface area (Å²) in [5, 5.41) is 0. The monoisotopic (exact) mass is 303 g/mol. The standard InChI is InChI=1S/C16H17NO3S/c1-20-15-7-9-16(10-8-15)21(18,19)17-12-14(17)11-13-5-3-2-4-6-13/h2-10,14H,11-12H2,1H3. The van der Waals surface area contributed by atoms with E-state index >= 15 is 0 Å². The predicted octanol–water partition coefficient (Wildman–Crippen LogP) is 2.31. The Kier molecular flexibility index (Phi) is 3.69. The van der Waals surface area contributed by atoms with Crippen LogP contribution in [0, 0.1) is 0 Å². The van der Waals surface area contributed by atoms with Crippen LogP contribution in [0.5, 0.6) is 5.75 Å². The highest BCUT2D eigenvalue weighted by Gasteiger charge is 2.44. The van der Waals surface area contributed by atoms with Gasteiger partial charge in [0.05, 0.1) is 12.0 Å². The van der Waals surface area contributed by atoms with Crippen molar-refractivity contribution in [1.82, 2.24) is 4.31 Å². The summed E-state index contributed by atoms with van der Waals surface area (Å²) < 4.78 is 31.6. The van der Waals surface area contributed by atoms with Crippen LogP contribution in [0.3, 0.4) is 0 Å². The van der Waals surface area contributed by atoms with Crippen LogP contribution in [0.2, 0.25) is 0 Å². The highest BCUT2D eigenvalue weighted by molar-refractivity contribution is 7.89. The minimum Gasteiger partial charge on any atom is -0.497 e. The summed E-state index contributed by atoms with van der Waals surface area (Å²) >= 11 is 0. The van der Waals surface area contributed by atoms with Crippen molar-refractivity contribution in [3.63, 3.8) is 0 Å². The molecule has 1 saturated heterocycles. The molecule has 1 heterocycles. The predicted molar refractivity (Wildman–Crippen MR) is 80.8 cm³/mol. The molecular formula is C16H17NO3S. The SMILES string of the molecule is COc1ccc(S(=O)(=O)N2CC2Cc2ccccc2)cc1. The lowest BCUT2D eigenvalue weighted by Gasteiger charge is -2.07. The second kappa shape index (κ2) is 5.50. The van der Waals surface area contributed by atoms with E-state index < -0.39 is 10.0 Å². The molecule has 0 saturated carbocycles. The van der Waals surface area contributed by atoms with Gasteiger partial charge in [0, 0.05) is 12.6 Å². The van der Waals surface area contributed by atoms with Crippen molar-refractivity contribution in [2.45, 2.75) is 17.4 Å². The average molecular weight is 303 g/mol. The van der Waals surface area contributed by atoms with E-state index in [9.17, 15) is 8.42 Å². The molecule has 1 aliphatic rings. The molecule has 0 radical (unpaired) electrons. The molecule has 5 heteroatoms. The van der Waals surface area contributed by atoms with Gasteiger partial charge in [0.25, 0.3) is 0 Å². The number of hydrogen-bond donors (Lipinski definition) is 0. The van der Waals surface area contributed by atoms with Crippen LogP contribution in [0.15, 0.2) is 59.5 Å². The molecule has 1 fully saturated rings. The molecule has 0 aromatic heterocycles. The molecule has 2 atom stereocenters.